The van der Waals surface area contributed by atoms with Crippen molar-refractivity contribution in [3.05, 3.63) is 35.9 Å². The molecule has 0 saturated carbocycles. The van der Waals surface area contributed by atoms with E-state index < -0.39 is 0 Å². The Hall–Kier alpha value is -1.15. The molecule has 1 fully saturated rings. The topological polar surface area (TPSA) is 26.3 Å². The minimum Gasteiger partial charge on any atom is -0.370 e. The first-order valence-electron chi connectivity index (χ1n) is 5.00. The third kappa shape index (κ3) is 1.70. The zero-order chi connectivity index (χ0) is 9.97. The van der Waals surface area contributed by atoms with Gasteiger partial charge in [0.15, 0.2) is 5.78 Å². The maximum absolute atomic E-state index is 11.9. The van der Waals surface area contributed by atoms with Crippen LogP contribution in [0.15, 0.2) is 30.3 Å². The second-order valence-corrected chi connectivity index (χ2v) is 3.79. The summed E-state index contributed by atoms with van der Waals surface area (Å²) in [5, 5.41) is 0. The molecule has 2 heteroatoms. The molecule has 0 radical (unpaired) electrons. The summed E-state index contributed by atoms with van der Waals surface area (Å²) < 4.78 is 5.43. The van der Waals surface area contributed by atoms with Gasteiger partial charge in [-0.25, -0.2) is 0 Å². The number of carbonyl (C=O) groups is 1. The quantitative estimate of drug-likeness (QED) is 0.669. The minimum atomic E-state index is -0.225. The van der Waals surface area contributed by atoms with Gasteiger partial charge in [-0.3, -0.25) is 4.79 Å². The van der Waals surface area contributed by atoms with Crippen molar-refractivity contribution in [2.75, 3.05) is 6.61 Å². The van der Waals surface area contributed by atoms with E-state index in [1.165, 1.54) is 0 Å². The SMILES string of the molecule is CC1CCOC1C(=O)c1ccccc1. The average Bonchev–Trinajstić information content (AvgIpc) is 2.65. The lowest BCUT2D eigenvalue weighted by atomic mass is 9.96. The van der Waals surface area contributed by atoms with E-state index in [0.29, 0.717) is 12.5 Å². The van der Waals surface area contributed by atoms with Gasteiger partial charge in [0, 0.05) is 12.2 Å². The molecule has 0 aromatic heterocycles. The van der Waals surface area contributed by atoms with Gasteiger partial charge in [-0.2, -0.15) is 0 Å². The molecule has 1 aliphatic heterocycles. The van der Waals surface area contributed by atoms with Crippen molar-refractivity contribution in [2.24, 2.45) is 5.92 Å². The van der Waals surface area contributed by atoms with Crippen molar-refractivity contribution in [2.45, 2.75) is 19.4 Å². The molecule has 1 saturated heterocycles. The molecule has 0 bridgehead atoms. The molecule has 2 atom stereocenters. The lowest BCUT2D eigenvalue weighted by Gasteiger charge is -2.12. The van der Waals surface area contributed by atoms with Crippen molar-refractivity contribution in [1.82, 2.24) is 0 Å². The van der Waals surface area contributed by atoms with Crippen LogP contribution in [0.4, 0.5) is 0 Å². The number of hydrogen-bond acceptors (Lipinski definition) is 2. The smallest absolute Gasteiger partial charge is 0.191 e. The Bertz CT molecular complexity index is 318. The van der Waals surface area contributed by atoms with Crippen LogP contribution in [0.25, 0.3) is 0 Å². The monoisotopic (exact) mass is 190 g/mol. The van der Waals surface area contributed by atoms with Gasteiger partial charge in [0.2, 0.25) is 0 Å². The van der Waals surface area contributed by atoms with E-state index in [9.17, 15) is 4.79 Å². The van der Waals surface area contributed by atoms with Crippen molar-refractivity contribution in [1.29, 1.82) is 0 Å². The number of ketones is 1. The largest absolute Gasteiger partial charge is 0.370 e. The molecular weight excluding hydrogens is 176 g/mol. The fourth-order valence-corrected chi connectivity index (χ4v) is 1.80. The molecule has 1 heterocycles. The first kappa shape index (κ1) is 9.41. The van der Waals surface area contributed by atoms with Crippen molar-refractivity contribution in [3.8, 4) is 0 Å². The lowest BCUT2D eigenvalue weighted by Crippen LogP contribution is -2.25. The van der Waals surface area contributed by atoms with Crippen LogP contribution in [0.3, 0.4) is 0 Å². The summed E-state index contributed by atoms with van der Waals surface area (Å²) in [5.41, 5.74) is 0.756. The van der Waals surface area contributed by atoms with Gasteiger partial charge in [0.05, 0.1) is 0 Å². The molecule has 74 valence electrons. The van der Waals surface area contributed by atoms with Crippen LogP contribution < -0.4 is 0 Å². The molecule has 2 nitrogen and oxygen atoms in total. The zero-order valence-corrected chi connectivity index (χ0v) is 8.27. The summed E-state index contributed by atoms with van der Waals surface area (Å²) in [6, 6.07) is 9.36. The molecule has 2 unspecified atom stereocenters. The highest BCUT2D eigenvalue weighted by Gasteiger charge is 2.31. The third-order valence-electron chi connectivity index (χ3n) is 2.70. The van der Waals surface area contributed by atoms with Crippen molar-refractivity contribution in [3.63, 3.8) is 0 Å². The van der Waals surface area contributed by atoms with Crippen LogP contribution in [0, 0.1) is 5.92 Å². The Morgan fingerprint density at radius 3 is 2.64 bits per heavy atom. The number of Topliss-reactive ketones (excluding diaryl/α,β-unsaturated/α-hetero) is 1. The number of benzene rings is 1. The Balaban J connectivity index is 2.16. The molecule has 1 aliphatic rings. The predicted octanol–water partition coefficient (Wildman–Crippen LogP) is 2.29. The van der Waals surface area contributed by atoms with E-state index in [1.807, 2.05) is 30.3 Å². The molecule has 2 rings (SSSR count). The molecule has 14 heavy (non-hydrogen) atoms. The van der Waals surface area contributed by atoms with Crippen molar-refractivity contribution < 1.29 is 9.53 Å². The molecule has 1 aromatic carbocycles. The van der Waals surface area contributed by atoms with Crippen LogP contribution in [0.5, 0.6) is 0 Å². The van der Waals surface area contributed by atoms with Gasteiger partial charge in [-0.05, 0) is 12.3 Å². The Morgan fingerprint density at radius 2 is 2.07 bits per heavy atom. The summed E-state index contributed by atoms with van der Waals surface area (Å²) in [6.07, 6.45) is 0.765. The molecule has 1 aromatic rings. The van der Waals surface area contributed by atoms with Crippen molar-refractivity contribution >= 4 is 5.78 Å². The Labute approximate surface area is 83.9 Å². The number of carbonyl (C=O) groups excluding carboxylic acids is 1. The number of rotatable bonds is 2. The standard InChI is InChI=1S/C12H14O2/c1-9-7-8-14-12(9)11(13)10-5-3-2-4-6-10/h2-6,9,12H,7-8H2,1H3. The first-order valence-corrected chi connectivity index (χ1v) is 5.00. The number of hydrogen-bond donors (Lipinski definition) is 0. The van der Waals surface area contributed by atoms with E-state index in [2.05, 4.69) is 6.92 Å². The number of ether oxygens (including phenoxy) is 1. The highest BCUT2D eigenvalue weighted by molar-refractivity contribution is 5.99. The molecule has 0 N–H and O–H groups in total. The minimum absolute atomic E-state index is 0.121. The van der Waals surface area contributed by atoms with Gasteiger partial charge < -0.3 is 4.74 Å². The zero-order valence-electron chi connectivity index (χ0n) is 8.27. The summed E-state index contributed by atoms with van der Waals surface area (Å²) in [6.45, 7) is 2.78. The molecule has 0 spiro atoms. The van der Waals surface area contributed by atoms with Crippen LogP contribution in [-0.2, 0) is 4.74 Å². The molecule has 0 amide bonds. The molecular formula is C12H14O2. The van der Waals surface area contributed by atoms with E-state index in [1.54, 1.807) is 0 Å². The summed E-state index contributed by atoms with van der Waals surface area (Å²) >= 11 is 0. The maximum Gasteiger partial charge on any atom is 0.191 e. The average molecular weight is 190 g/mol. The van der Waals surface area contributed by atoms with Crippen LogP contribution in [-0.4, -0.2) is 18.5 Å². The summed E-state index contributed by atoms with van der Waals surface area (Å²) in [7, 11) is 0. The van der Waals surface area contributed by atoms with E-state index in [-0.39, 0.29) is 11.9 Å². The van der Waals surface area contributed by atoms with Crippen LogP contribution >= 0.6 is 0 Å². The van der Waals surface area contributed by atoms with E-state index in [0.717, 1.165) is 12.0 Å². The van der Waals surface area contributed by atoms with Gasteiger partial charge in [-0.15, -0.1) is 0 Å². The highest BCUT2D eigenvalue weighted by atomic mass is 16.5. The second-order valence-electron chi connectivity index (χ2n) is 3.79. The Morgan fingerprint density at radius 1 is 1.36 bits per heavy atom. The van der Waals surface area contributed by atoms with E-state index in [4.69, 9.17) is 4.74 Å². The fourth-order valence-electron chi connectivity index (χ4n) is 1.80. The summed E-state index contributed by atoms with van der Waals surface area (Å²) in [4.78, 5) is 11.9. The maximum atomic E-state index is 11.9. The molecule has 0 aliphatic carbocycles. The highest BCUT2D eigenvalue weighted by Crippen LogP contribution is 2.23. The normalized spacial score (nSPS) is 26.4. The van der Waals surface area contributed by atoms with E-state index >= 15 is 0 Å². The lowest BCUT2D eigenvalue weighted by molar-refractivity contribution is 0.0579. The fraction of sp³-hybridized carbons (Fsp3) is 0.417. The second kappa shape index (κ2) is 3.93. The van der Waals surface area contributed by atoms with Gasteiger partial charge >= 0.3 is 0 Å². The third-order valence-corrected chi connectivity index (χ3v) is 2.70. The Kier molecular flexibility index (Phi) is 2.64. The summed E-state index contributed by atoms with van der Waals surface area (Å²) in [5.74, 6) is 0.471. The van der Waals surface area contributed by atoms with Gasteiger partial charge in [0.25, 0.3) is 0 Å². The van der Waals surface area contributed by atoms with Crippen LogP contribution in [0.1, 0.15) is 23.7 Å². The first-order chi connectivity index (χ1) is 6.79. The van der Waals surface area contributed by atoms with Gasteiger partial charge in [0.1, 0.15) is 6.10 Å². The van der Waals surface area contributed by atoms with Crippen LogP contribution in [0.2, 0.25) is 0 Å². The predicted molar refractivity (Wildman–Crippen MR) is 54.3 cm³/mol. The van der Waals surface area contributed by atoms with Gasteiger partial charge in [-0.1, -0.05) is 37.3 Å².